The summed E-state index contributed by atoms with van der Waals surface area (Å²) in [6.07, 6.45) is 2.47. The second-order valence-electron chi connectivity index (χ2n) is 14.3. The molecule has 0 bridgehead atoms. The number of hydrogen-bond acceptors (Lipinski definition) is 11. The predicted octanol–water partition coefficient (Wildman–Crippen LogP) is 4.81. The van der Waals surface area contributed by atoms with Crippen molar-refractivity contribution in [3.05, 3.63) is 82.3 Å². The Bertz CT molecular complexity index is 2270. The van der Waals surface area contributed by atoms with Crippen molar-refractivity contribution in [2.45, 2.75) is 70.6 Å². The van der Waals surface area contributed by atoms with Crippen molar-refractivity contribution in [2.24, 2.45) is 0 Å². The van der Waals surface area contributed by atoms with Crippen LogP contribution in [-0.2, 0) is 38.6 Å². The maximum absolute atomic E-state index is 14.7. The molecule has 2 aromatic carbocycles. The number of halogens is 2. The smallest absolute Gasteiger partial charge is 0.264 e. The van der Waals surface area contributed by atoms with Crippen LogP contribution in [0.4, 0.5) is 26.2 Å². The molecule has 294 valence electrons. The van der Waals surface area contributed by atoms with Crippen LogP contribution in [0.3, 0.4) is 0 Å². The summed E-state index contributed by atoms with van der Waals surface area (Å²) < 4.78 is 37.0. The summed E-state index contributed by atoms with van der Waals surface area (Å²) in [5.74, 6) is -1.54. The van der Waals surface area contributed by atoms with Crippen LogP contribution in [0, 0.1) is 0 Å². The van der Waals surface area contributed by atoms with Crippen LogP contribution >= 0.6 is 0 Å². The number of amides is 5. The van der Waals surface area contributed by atoms with Gasteiger partial charge in [-0.15, -0.1) is 0 Å². The topological polar surface area (TPSA) is 172 Å². The Hall–Kier alpha value is -6.10. The molecular weight excluding hydrogens is 728 g/mol. The number of benzene rings is 2. The summed E-state index contributed by atoms with van der Waals surface area (Å²) >= 11 is 0. The summed E-state index contributed by atoms with van der Waals surface area (Å²) in [6, 6.07) is 8.64. The number of carbonyl (C=O) groups is 5. The van der Waals surface area contributed by atoms with Crippen molar-refractivity contribution in [1.82, 2.24) is 34.9 Å². The molecular formula is C39H43F2N9O6. The zero-order valence-electron chi connectivity index (χ0n) is 30.8. The summed E-state index contributed by atoms with van der Waals surface area (Å²) in [5.41, 5.74) is 3.88. The van der Waals surface area contributed by atoms with Crippen LogP contribution in [0.1, 0.15) is 91.0 Å². The fourth-order valence-corrected chi connectivity index (χ4v) is 7.89. The van der Waals surface area contributed by atoms with Gasteiger partial charge in [0.2, 0.25) is 23.7 Å². The molecule has 1 atom stereocenters. The lowest BCUT2D eigenvalue weighted by molar-refractivity contribution is -0.136. The van der Waals surface area contributed by atoms with Crippen LogP contribution in [0.15, 0.2) is 48.8 Å². The minimum Gasteiger partial charge on any atom is -0.381 e. The molecule has 4 aliphatic heterocycles. The number of hydrogen-bond donors (Lipinski definition) is 2. The lowest BCUT2D eigenvalue weighted by Gasteiger charge is -2.29. The lowest BCUT2D eigenvalue weighted by atomic mass is 10.0. The highest BCUT2D eigenvalue weighted by Crippen LogP contribution is 2.39. The number of ether oxygens (including phenoxy) is 1. The second kappa shape index (κ2) is 14.9. The number of imide groups is 2. The molecule has 2 saturated heterocycles. The van der Waals surface area contributed by atoms with Gasteiger partial charge in [0.15, 0.2) is 5.82 Å². The van der Waals surface area contributed by atoms with Gasteiger partial charge in [-0.3, -0.25) is 38.9 Å². The normalized spacial score (nSPS) is 18.6. The monoisotopic (exact) mass is 771 g/mol. The average Bonchev–Trinajstić information content (AvgIpc) is 3.70. The van der Waals surface area contributed by atoms with Crippen molar-refractivity contribution in [2.75, 3.05) is 37.0 Å². The van der Waals surface area contributed by atoms with E-state index < -0.39 is 36.1 Å². The van der Waals surface area contributed by atoms with E-state index in [0.29, 0.717) is 55.4 Å². The molecule has 2 aromatic heterocycles. The average molecular weight is 772 g/mol. The van der Waals surface area contributed by atoms with Crippen molar-refractivity contribution in [3.8, 4) is 11.1 Å². The lowest BCUT2D eigenvalue weighted by Crippen LogP contribution is -2.54. The van der Waals surface area contributed by atoms with Crippen LogP contribution in [0.5, 0.6) is 0 Å². The molecule has 4 aromatic rings. The molecule has 0 spiro atoms. The zero-order valence-corrected chi connectivity index (χ0v) is 30.8. The molecule has 0 aliphatic carbocycles. The Labute approximate surface area is 323 Å². The van der Waals surface area contributed by atoms with E-state index in [0.717, 1.165) is 29.0 Å². The largest absolute Gasteiger partial charge is 0.381 e. The Morgan fingerprint density at radius 3 is 2.45 bits per heavy atom. The Balaban J connectivity index is 0.00000283. The molecule has 6 heterocycles. The van der Waals surface area contributed by atoms with Crippen molar-refractivity contribution in [1.29, 1.82) is 0 Å². The first-order chi connectivity index (χ1) is 27.0. The molecule has 8 rings (SSSR count). The number of anilines is 3. The molecule has 2 fully saturated rings. The summed E-state index contributed by atoms with van der Waals surface area (Å²) in [4.78, 5) is 75.7. The van der Waals surface area contributed by atoms with Gasteiger partial charge >= 0.3 is 0 Å². The summed E-state index contributed by atoms with van der Waals surface area (Å²) in [5, 5.41) is 10.3. The number of carbonyl (C=O) groups excluding carboxylic acids is 5. The van der Waals surface area contributed by atoms with Crippen LogP contribution < -0.4 is 15.5 Å². The van der Waals surface area contributed by atoms with Crippen LogP contribution in [0.2, 0.25) is 0 Å². The number of aromatic nitrogens is 4. The van der Waals surface area contributed by atoms with E-state index in [1.165, 1.54) is 24.5 Å². The highest BCUT2D eigenvalue weighted by atomic mass is 19.3. The third-order valence-corrected chi connectivity index (χ3v) is 10.9. The number of alkyl halides is 2. The molecule has 56 heavy (non-hydrogen) atoms. The molecule has 5 amide bonds. The molecule has 2 N–H and O–H groups in total. The number of nitrogens with one attached hydrogen (secondary N) is 2. The van der Waals surface area contributed by atoms with Gasteiger partial charge in [0.05, 0.1) is 23.7 Å². The van der Waals surface area contributed by atoms with E-state index in [4.69, 9.17) is 9.84 Å². The maximum Gasteiger partial charge on any atom is 0.264 e. The fraction of sp³-hybridized carbons (Fsp3) is 0.385. The first kappa shape index (κ1) is 36.9. The van der Waals surface area contributed by atoms with Gasteiger partial charge in [0, 0.05) is 96.4 Å². The zero-order chi connectivity index (χ0) is 39.2. The quantitative estimate of drug-likeness (QED) is 0.224. The van der Waals surface area contributed by atoms with Crippen molar-refractivity contribution >= 4 is 47.0 Å². The third-order valence-electron chi connectivity index (χ3n) is 10.9. The van der Waals surface area contributed by atoms with E-state index in [-0.39, 0.29) is 62.4 Å². The van der Waals surface area contributed by atoms with Gasteiger partial charge in [-0.1, -0.05) is 12.1 Å². The minimum atomic E-state index is -2.81. The number of rotatable bonds is 9. The minimum absolute atomic E-state index is 0. The third kappa shape index (κ3) is 6.75. The van der Waals surface area contributed by atoms with Gasteiger partial charge in [-0.05, 0) is 54.7 Å². The fourth-order valence-electron chi connectivity index (χ4n) is 7.89. The molecule has 4 aliphatic rings. The molecule has 0 saturated carbocycles. The molecule has 15 nitrogen and oxygen atoms in total. The van der Waals surface area contributed by atoms with E-state index in [1.54, 1.807) is 48.0 Å². The standard InChI is InChI=1S/C39H39F2N9O6.2H2/c1-21(51)48-12-9-31-30(20-48)35(46-50(31)24-10-13-56-14-11-24)47(2)25-4-6-26(28(16-25)34(40)41)23-18-43-39(44-19-23)42-17-22-3-5-27-29(15-22)38(55)49(37(27)54)32-7-8-33(52)45-36(32)53;;/h3-6,15-16,18-19,24,32,34H,7-14,17,20H2,1-2H3,(H,42,43,44)(H,45,52,53);2*1H. The second-order valence-corrected chi connectivity index (χ2v) is 14.3. The first-order valence-corrected chi connectivity index (χ1v) is 18.5. The Morgan fingerprint density at radius 1 is 1.00 bits per heavy atom. The van der Waals surface area contributed by atoms with Gasteiger partial charge < -0.3 is 19.9 Å². The SMILES string of the molecule is CC(=O)N1CCc2c(c(N(C)c3ccc(-c4cnc(NCc5ccc6c(c5)C(=O)N(C5CCC(=O)NC5=O)C6=O)nc4)c(C(F)F)c3)nn2C2CCOCC2)C1.[HH].[HH]. The van der Waals surface area contributed by atoms with E-state index >= 15 is 0 Å². The number of piperidine rings is 1. The van der Waals surface area contributed by atoms with Gasteiger partial charge in [-0.2, -0.15) is 5.10 Å². The van der Waals surface area contributed by atoms with Gasteiger partial charge in [0.25, 0.3) is 18.2 Å². The van der Waals surface area contributed by atoms with Crippen LogP contribution in [-0.4, -0.2) is 91.9 Å². The highest BCUT2D eigenvalue weighted by molar-refractivity contribution is 6.23. The van der Waals surface area contributed by atoms with Crippen LogP contribution in [0.25, 0.3) is 11.1 Å². The Kier molecular flexibility index (Phi) is 9.78. The van der Waals surface area contributed by atoms with Crippen molar-refractivity contribution in [3.63, 3.8) is 0 Å². The summed E-state index contributed by atoms with van der Waals surface area (Å²) in [7, 11) is 1.79. The van der Waals surface area contributed by atoms with Crippen molar-refractivity contribution < 1.29 is 40.3 Å². The highest BCUT2D eigenvalue weighted by Gasteiger charge is 2.44. The molecule has 17 heteroatoms. The van der Waals surface area contributed by atoms with E-state index in [2.05, 4.69) is 25.3 Å². The number of nitrogens with zero attached hydrogens (tertiary/aromatic N) is 7. The molecule has 0 radical (unpaired) electrons. The summed E-state index contributed by atoms with van der Waals surface area (Å²) in [6.45, 7) is 3.97. The van der Waals surface area contributed by atoms with Gasteiger partial charge in [0.1, 0.15) is 6.04 Å². The molecule has 1 unspecified atom stereocenters. The van der Waals surface area contributed by atoms with Gasteiger partial charge in [-0.25, -0.2) is 18.7 Å². The van der Waals surface area contributed by atoms with E-state index in [1.807, 2.05) is 0 Å². The first-order valence-electron chi connectivity index (χ1n) is 18.5. The Morgan fingerprint density at radius 2 is 1.73 bits per heavy atom. The number of fused-ring (bicyclic) bond motifs is 2. The predicted molar refractivity (Wildman–Crippen MR) is 201 cm³/mol. The maximum atomic E-state index is 14.7. The van der Waals surface area contributed by atoms with E-state index in [9.17, 15) is 32.8 Å².